The maximum Gasteiger partial charge on any atom is 0.278 e. The second-order valence-corrected chi connectivity index (χ2v) is 8.41. The normalized spacial score (nSPS) is 11.7. The Bertz CT molecular complexity index is 1320. The highest BCUT2D eigenvalue weighted by Gasteiger charge is 2.25. The van der Waals surface area contributed by atoms with Crippen LogP contribution in [0.2, 0.25) is 10.0 Å². The van der Waals surface area contributed by atoms with Crippen molar-refractivity contribution in [1.82, 2.24) is 9.97 Å². The van der Waals surface area contributed by atoms with Crippen LogP contribution >= 0.6 is 23.2 Å². The number of methoxy groups -OCH3 is 1. The van der Waals surface area contributed by atoms with E-state index in [4.69, 9.17) is 42.8 Å². The van der Waals surface area contributed by atoms with E-state index in [2.05, 4.69) is 15.3 Å². The van der Waals surface area contributed by atoms with Gasteiger partial charge >= 0.3 is 0 Å². The molecule has 0 aliphatic heterocycles. The van der Waals surface area contributed by atoms with E-state index in [1.165, 1.54) is 12.4 Å². The lowest BCUT2D eigenvalue weighted by Gasteiger charge is -2.11. The van der Waals surface area contributed by atoms with Crippen LogP contribution in [0.15, 0.2) is 65.3 Å². The van der Waals surface area contributed by atoms with Gasteiger partial charge in [-0.1, -0.05) is 53.5 Å². The maximum absolute atomic E-state index is 13.0. The fourth-order valence-electron chi connectivity index (χ4n) is 3.29. The van der Waals surface area contributed by atoms with Gasteiger partial charge in [-0.2, -0.15) is 0 Å². The number of nitrogens with one attached hydrogen (secondary N) is 1. The predicted octanol–water partition coefficient (Wildman–Crippen LogP) is 5.90. The first kappa shape index (κ1) is 24.5. The summed E-state index contributed by atoms with van der Waals surface area (Å²) in [6, 6.07) is 14.4. The molecule has 0 aliphatic carbocycles. The Morgan fingerprint density at radius 3 is 2.49 bits per heavy atom. The van der Waals surface area contributed by atoms with Crippen molar-refractivity contribution in [2.75, 3.05) is 12.4 Å². The molecule has 0 bridgehead atoms. The first-order valence-electron chi connectivity index (χ1n) is 10.6. The lowest BCUT2D eigenvalue weighted by atomic mass is 10.2. The van der Waals surface area contributed by atoms with Crippen molar-refractivity contribution in [3.63, 3.8) is 0 Å². The zero-order chi connectivity index (χ0) is 24.9. The number of hydrogen-bond donors (Lipinski definition) is 2. The Labute approximate surface area is 212 Å². The van der Waals surface area contributed by atoms with Crippen LogP contribution in [0.1, 0.15) is 34.8 Å². The van der Waals surface area contributed by atoms with Gasteiger partial charge in [-0.15, -0.1) is 0 Å². The summed E-state index contributed by atoms with van der Waals surface area (Å²) in [6.45, 7) is 2.04. The summed E-state index contributed by atoms with van der Waals surface area (Å²) in [6.07, 6.45) is 2.75. The first-order valence-corrected chi connectivity index (χ1v) is 11.3. The molecule has 0 radical (unpaired) electrons. The van der Waals surface area contributed by atoms with Gasteiger partial charge in [0.2, 0.25) is 5.89 Å². The van der Waals surface area contributed by atoms with E-state index in [0.29, 0.717) is 23.7 Å². The SMILES string of the molecule is COc1ccc(-c2nc(C(=O)Nc3c(Cl)cncc3Cl)c([C@H](C)N)o2)cc1OCc1ccccc1. The lowest BCUT2D eigenvalue weighted by molar-refractivity contribution is 0.102. The zero-order valence-electron chi connectivity index (χ0n) is 18.9. The van der Waals surface area contributed by atoms with Crippen LogP contribution in [0, 0.1) is 0 Å². The van der Waals surface area contributed by atoms with Gasteiger partial charge in [-0.05, 0) is 30.7 Å². The number of aromatic nitrogens is 2. The number of carbonyl (C=O) groups excluding carboxylic acids is 1. The molecule has 0 fully saturated rings. The lowest BCUT2D eigenvalue weighted by Crippen LogP contribution is -2.17. The molecule has 4 rings (SSSR count). The van der Waals surface area contributed by atoms with Crippen molar-refractivity contribution < 1.29 is 18.7 Å². The van der Waals surface area contributed by atoms with E-state index in [-0.39, 0.29) is 33.1 Å². The van der Waals surface area contributed by atoms with Crippen LogP contribution in [-0.2, 0) is 6.61 Å². The van der Waals surface area contributed by atoms with Gasteiger partial charge in [0.15, 0.2) is 23.0 Å². The van der Waals surface area contributed by atoms with Crippen LogP contribution in [0.25, 0.3) is 11.5 Å². The molecule has 8 nitrogen and oxygen atoms in total. The second kappa shape index (κ2) is 10.8. The fraction of sp³-hybridized carbons (Fsp3) is 0.160. The number of hydrogen-bond acceptors (Lipinski definition) is 7. The maximum atomic E-state index is 13.0. The van der Waals surface area contributed by atoms with Crippen LogP contribution in [0.3, 0.4) is 0 Å². The third-order valence-electron chi connectivity index (χ3n) is 5.02. The molecule has 2 aromatic carbocycles. The molecule has 2 aromatic heterocycles. The van der Waals surface area contributed by atoms with Gasteiger partial charge < -0.3 is 24.9 Å². The first-order chi connectivity index (χ1) is 16.9. The largest absolute Gasteiger partial charge is 0.493 e. The molecule has 0 spiro atoms. The molecular weight excluding hydrogens is 491 g/mol. The van der Waals surface area contributed by atoms with Gasteiger partial charge in [0.25, 0.3) is 5.91 Å². The number of pyridine rings is 1. The molecule has 0 saturated heterocycles. The number of oxazole rings is 1. The highest BCUT2D eigenvalue weighted by atomic mass is 35.5. The molecule has 1 atom stereocenters. The number of ether oxygens (including phenoxy) is 2. The quantitative estimate of drug-likeness (QED) is 0.302. The Balaban J connectivity index is 1.65. The van der Waals surface area contributed by atoms with E-state index in [1.807, 2.05) is 30.3 Å². The number of rotatable bonds is 8. The number of nitrogens with two attached hydrogens (primary N) is 1. The van der Waals surface area contributed by atoms with Crippen LogP contribution in [0.5, 0.6) is 11.5 Å². The van der Waals surface area contributed by atoms with Gasteiger partial charge in [-0.25, -0.2) is 4.98 Å². The molecule has 2 heterocycles. The van der Waals surface area contributed by atoms with Crippen molar-refractivity contribution in [3.05, 3.63) is 88.0 Å². The highest BCUT2D eigenvalue weighted by Crippen LogP contribution is 2.35. The van der Waals surface area contributed by atoms with Crippen molar-refractivity contribution in [3.8, 4) is 23.0 Å². The average Bonchev–Trinajstić information content (AvgIpc) is 3.32. The minimum atomic E-state index is -0.604. The molecule has 1 amide bonds. The summed E-state index contributed by atoms with van der Waals surface area (Å²) in [5, 5.41) is 3.03. The van der Waals surface area contributed by atoms with Crippen LogP contribution < -0.4 is 20.5 Å². The van der Waals surface area contributed by atoms with Gasteiger partial charge in [0.05, 0.1) is 28.9 Å². The zero-order valence-corrected chi connectivity index (χ0v) is 20.4. The Kier molecular flexibility index (Phi) is 7.55. The molecule has 35 heavy (non-hydrogen) atoms. The Morgan fingerprint density at radius 1 is 1.11 bits per heavy atom. The van der Waals surface area contributed by atoms with E-state index in [9.17, 15) is 4.79 Å². The summed E-state index contributed by atoms with van der Waals surface area (Å²) in [4.78, 5) is 21.3. The third-order valence-corrected chi connectivity index (χ3v) is 5.59. The number of carbonyl (C=O) groups is 1. The minimum absolute atomic E-state index is 0.0153. The Hall–Kier alpha value is -3.59. The monoisotopic (exact) mass is 512 g/mol. The topological polar surface area (TPSA) is 112 Å². The molecule has 10 heteroatoms. The van der Waals surface area contributed by atoms with Crippen molar-refractivity contribution in [2.45, 2.75) is 19.6 Å². The van der Waals surface area contributed by atoms with Gasteiger partial charge in [0.1, 0.15) is 6.61 Å². The van der Waals surface area contributed by atoms with E-state index in [0.717, 1.165) is 5.56 Å². The van der Waals surface area contributed by atoms with E-state index < -0.39 is 11.9 Å². The van der Waals surface area contributed by atoms with Crippen molar-refractivity contribution in [2.24, 2.45) is 5.73 Å². The molecule has 3 N–H and O–H groups in total. The number of benzene rings is 2. The fourth-order valence-corrected chi connectivity index (χ4v) is 3.75. The summed E-state index contributed by atoms with van der Waals surface area (Å²) in [5.41, 5.74) is 7.88. The highest BCUT2D eigenvalue weighted by molar-refractivity contribution is 6.39. The minimum Gasteiger partial charge on any atom is -0.493 e. The van der Waals surface area contributed by atoms with Gasteiger partial charge in [-0.3, -0.25) is 9.78 Å². The average molecular weight is 513 g/mol. The second-order valence-electron chi connectivity index (χ2n) is 7.59. The smallest absolute Gasteiger partial charge is 0.278 e. The number of halogens is 2. The molecule has 0 unspecified atom stereocenters. The van der Waals surface area contributed by atoms with E-state index >= 15 is 0 Å². The van der Waals surface area contributed by atoms with Crippen molar-refractivity contribution >= 4 is 34.8 Å². The van der Waals surface area contributed by atoms with Gasteiger partial charge in [0, 0.05) is 18.0 Å². The molecule has 4 aromatic rings. The molecule has 0 aliphatic rings. The number of anilines is 1. The standard InChI is InChI=1S/C25H22Cl2N4O4/c1-14(28)23-22(24(32)30-21-17(26)11-29-12-18(21)27)31-25(35-23)16-8-9-19(33-2)20(10-16)34-13-15-6-4-3-5-7-15/h3-12,14H,13,28H2,1-2H3,(H,29,30,32)/t14-/m0/s1. The van der Waals surface area contributed by atoms with Crippen LogP contribution in [0.4, 0.5) is 5.69 Å². The summed E-state index contributed by atoms with van der Waals surface area (Å²) >= 11 is 12.3. The number of amides is 1. The molecular formula is C25H22Cl2N4O4. The summed E-state index contributed by atoms with van der Waals surface area (Å²) in [5.74, 6) is 0.874. The van der Waals surface area contributed by atoms with E-state index in [1.54, 1.807) is 32.2 Å². The Morgan fingerprint density at radius 2 is 1.83 bits per heavy atom. The molecule has 180 valence electrons. The van der Waals surface area contributed by atoms with Crippen LogP contribution in [-0.4, -0.2) is 23.0 Å². The predicted molar refractivity (Wildman–Crippen MR) is 134 cm³/mol. The third kappa shape index (κ3) is 5.57. The summed E-state index contributed by atoms with van der Waals surface area (Å²) < 4.78 is 17.3. The summed E-state index contributed by atoms with van der Waals surface area (Å²) in [7, 11) is 1.56. The number of nitrogens with zero attached hydrogens (tertiary/aromatic N) is 2. The van der Waals surface area contributed by atoms with Crippen molar-refractivity contribution in [1.29, 1.82) is 0 Å². The molecule has 0 saturated carbocycles.